The fourth-order valence-corrected chi connectivity index (χ4v) is 4.00. The van der Waals surface area contributed by atoms with Gasteiger partial charge in [-0.15, -0.1) is 0 Å². The molecule has 10 nitrogen and oxygen atoms in total. The van der Waals surface area contributed by atoms with Crippen LogP contribution in [0.5, 0.6) is 17.2 Å². The lowest BCUT2D eigenvalue weighted by molar-refractivity contribution is 0.120. The molecule has 1 saturated heterocycles. The molecule has 0 radical (unpaired) electrons. The zero-order chi connectivity index (χ0) is 22.6. The van der Waals surface area contributed by atoms with E-state index < -0.39 is 0 Å². The molecule has 0 aliphatic carbocycles. The lowest BCUT2D eigenvalue weighted by Crippen LogP contribution is -2.45. The van der Waals surface area contributed by atoms with Crippen LogP contribution in [-0.2, 0) is 13.1 Å². The van der Waals surface area contributed by atoms with Gasteiger partial charge in [0.1, 0.15) is 11.6 Å². The number of nitrogen functional groups attached to an aromatic ring is 1. The molecule has 33 heavy (non-hydrogen) atoms. The smallest absolute Gasteiger partial charge is 0.232 e. The highest BCUT2D eigenvalue weighted by atomic mass is 16.7. The number of methoxy groups -OCH3 is 1. The standard InChI is InChI=1S/C23H27N7O3/c1-31-18-4-2-3-17(12-18)25-23-27-21(26-22(24)28-23)14-30-9-7-29(8-10-30)13-16-5-6-19-20(11-16)33-15-32-19/h2-6,11-12H,7-10,13-15H2,1H3,(H3,24,25,26,27,28). The molecule has 3 heterocycles. The average molecular weight is 450 g/mol. The minimum atomic E-state index is 0.201. The summed E-state index contributed by atoms with van der Waals surface area (Å²) in [6.45, 7) is 5.59. The van der Waals surface area contributed by atoms with Gasteiger partial charge in [-0.25, -0.2) is 0 Å². The average Bonchev–Trinajstić information content (AvgIpc) is 3.28. The molecule has 2 aromatic carbocycles. The Morgan fingerprint density at radius 1 is 0.939 bits per heavy atom. The van der Waals surface area contributed by atoms with Crippen molar-refractivity contribution in [2.24, 2.45) is 0 Å². The van der Waals surface area contributed by atoms with Gasteiger partial charge in [-0.1, -0.05) is 12.1 Å². The summed E-state index contributed by atoms with van der Waals surface area (Å²) < 4.78 is 16.2. The summed E-state index contributed by atoms with van der Waals surface area (Å²) in [5.74, 6) is 3.68. The second-order valence-corrected chi connectivity index (χ2v) is 8.03. The van der Waals surface area contributed by atoms with Crippen molar-refractivity contribution in [3.63, 3.8) is 0 Å². The summed E-state index contributed by atoms with van der Waals surface area (Å²) in [6.07, 6.45) is 0. The van der Waals surface area contributed by atoms with Gasteiger partial charge in [-0.3, -0.25) is 9.80 Å². The van der Waals surface area contributed by atoms with Gasteiger partial charge in [0.15, 0.2) is 11.5 Å². The van der Waals surface area contributed by atoms with Crippen LogP contribution in [0.15, 0.2) is 42.5 Å². The summed E-state index contributed by atoms with van der Waals surface area (Å²) in [5.41, 5.74) is 8.00. The van der Waals surface area contributed by atoms with Crippen molar-refractivity contribution in [1.82, 2.24) is 24.8 Å². The van der Waals surface area contributed by atoms with Crippen LogP contribution in [0.4, 0.5) is 17.6 Å². The number of hydrogen-bond acceptors (Lipinski definition) is 10. The molecule has 2 aliphatic rings. The quantitative estimate of drug-likeness (QED) is 0.557. The zero-order valence-electron chi connectivity index (χ0n) is 18.5. The van der Waals surface area contributed by atoms with Crippen molar-refractivity contribution in [3.05, 3.63) is 53.9 Å². The zero-order valence-corrected chi connectivity index (χ0v) is 18.5. The topological polar surface area (TPSA) is 111 Å². The monoisotopic (exact) mass is 449 g/mol. The Bertz CT molecular complexity index is 1120. The first-order chi connectivity index (χ1) is 16.1. The largest absolute Gasteiger partial charge is 0.497 e. The van der Waals surface area contributed by atoms with Gasteiger partial charge in [0.05, 0.1) is 13.7 Å². The molecule has 1 aromatic heterocycles. The highest BCUT2D eigenvalue weighted by Crippen LogP contribution is 2.32. The predicted octanol–water partition coefficient (Wildman–Crippen LogP) is 2.25. The first-order valence-corrected chi connectivity index (χ1v) is 10.9. The van der Waals surface area contributed by atoms with E-state index in [2.05, 4.69) is 42.2 Å². The maximum absolute atomic E-state index is 5.95. The summed E-state index contributed by atoms with van der Waals surface area (Å²) in [4.78, 5) is 17.9. The Morgan fingerprint density at radius 2 is 1.73 bits per heavy atom. The third kappa shape index (κ3) is 5.24. The second-order valence-electron chi connectivity index (χ2n) is 8.03. The number of fused-ring (bicyclic) bond motifs is 1. The van der Waals surface area contributed by atoms with Crippen LogP contribution in [0.3, 0.4) is 0 Å². The molecule has 5 rings (SSSR count). The normalized spacial score (nSPS) is 16.0. The summed E-state index contributed by atoms with van der Waals surface area (Å²) >= 11 is 0. The van der Waals surface area contributed by atoms with Crippen LogP contribution < -0.4 is 25.3 Å². The molecule has 0 unspecified atom stereocenters. The predicted molar refractivity (Wildman–Crippen MR) is 124 cm³/mol. The number of nitrogens with two attached hydrogens (primary N) is 1. The van der Waals surface area contributed by atoms with E-state index in [1.807, 2.05) is 30.3 Å². The first-order valence-electron chi connectivity index (χ1n) is 10.9. The van der Waals surface area contributed by atoms with Gasteiger partial charge >= 0.3 is 0 Å². The Hall–Kier alpha value is -3.63. The van der Waals surface area contributed by atoms with E-state index in [1.165, 1.54) is 5.56 Å². The number of benzene rings is 2. The Kier molecular flexibility index (Phi) is 6.09. The SMILES string of the molecule is COc1cccc(Nc2nc(N)nc(CN3CCN(Cc4ccc5c(c4)OCO5)CC3)n2)c1. The van der Waals surface area contributed by atoms with Crippen LogP contribution in [0.2, 0.25) is 0 Å². The van der Waals surface area contributed by atoms with Gasteiger partial charge in [-0.2, -0.15) is 15.0 Å². The number of anilines is 3. The second kappa shape index (κ2) is 9.47. The molecule has 3 aromatic rings. The highest BCUT2D eigenvalue weighted by Gasteiger charge is 2.20. The number of piperazine rings is 1. The fourth-order valence-electron chi connectivity index (χ4n) is 4.00. The highest BCUT2D eigenvalue weighted by molar-refractivity contribution is 5.56. The number of aromatic nitrogens is 3. The van der Waals surface area contributed by atoms with Crippen LogP contribution in [-0.4, -0.2) is 64.8 Å². The van der Waals surface area contributed by atoms with Gasteiger partial charge in [-0.05, 0) is 29.8 Å². The molecule has 0 bridgehead atoms. The van der Waals surface area contributed by atoms with Crippen molar-refractivity contribution in [1.29, 1.82) is 0 Å². The van der Waals surface area contributed by atoms with Crippen molar-refractivity contribution in [2.75, 3.05) is 51.1 Å². The molecule has 0 amide bonds. The van der Waals surface area contributed by atoms with E-state index in [1.54, 1.807) is 7.11 Å². The van der Waals surface area contributed by atoms with Crippen molar-refractivity contribution < 1.29 is 14.2 Å². The van der Waals surface area contributed by atoms with Crippen molar-refractivity contribution in [3.8, 4) is 17.2 Å². The molecular formula is C23H27N7O3. The van der Waals surface area contributed by atoms with E-state index in [4.69, 9.17) is 19.9 Å². The first kappa shape index (κ1) is 21.2. The lowest BCUT2D eigenvalue weighted by atomic mass is 10.1. The number of ether oxygens (including phenoxy) is 3. The summed E-state index contributed by atoms with van der Waals surface area (Å²) in [6, 6.07) is 13.7. The third-order valence-corrected chi connectivity index (χ3v) is 5.70. The molecule has 10 heteroatoms. The van der Waals surface area contributed by atoms with Crippen LogP contribution in [0.1, 0.15) is 11.4 Å². The molecule has 1 fully saturated rings. The van der Waals surface area contributed by atoms with E-state index >= 15 is 0 Å². The molecule has 0 saturated carbocycles. The van der Waals surface area contributed by atoms with E-state index in [0.29, 0.717) is 25.1 Å². The molecule has 3 N–H and O–H groups in total. The Morgan fingerprint density at radius 3 is 2.55 bits per heavy atom. The fraction of sp³-hybridized carbons (Fsp3) is 0.348. The van der Waals surface area contributed by atoms with Gasteiger partial charge < -0.3 is 25.3 Å². The molecule has 0 atom stereocenters. The number of rotatable bonds is 7. The van der Waals surface area contributed by atoms with Crippen molar-refractivity contribution >= 4 is 17.6 Å². The molecule has 0 spiro atoms. The van der Waals surface area contributed by atoms with Crippen LogP contribution in [0, 0.1) is 0 Å². The van der Waals surface area contributed by atoms with Gasteiger partial charge in [0.25, 0.3) is 0 Å². The number of nitrogens with zero attached hydrogens (tertiary/aromatic N) is 5. The maximum Gasteiger partial charge on any atom is 0.232 e. The van der Waals surface area contributed by atoms with E-state index in [0.717, 1.165) is 55.7 Å². The molecule has 2 aliphatic heterocycles. The summed E-state index contributed by atoms with van der Waals surface area (Å²) in [7, 11) is 1.63. The van der Waals surface area contributed by atoms with Crippen LogP contribution >= 0.6 is 0 Å². The van der Waals surface area contributed by atoms with Crippen molar-refractivity contribution in [2.45, 2.75) is 13.1 Å². The maximum atomic E-state index is 5.95. The molecule has 172 valence electrons. The summed E-state index contributed by atoms with van der Waals surface area (Å²) in [5, 5.41) is 3.18. The number of nitrogens with one attached hydrogen (secondary N) is 1. The van der Waals surface area contributed by atoms with Crippen LogP contribution in [0.25, 0.3) is 0 Å². The molecular weight excluding hydrogens is 422 g/mol. The van der Waals surface area contributed by atoms with E-state index in [-0.39, 0.29) is 5.95 Å². The number of hydrogen-bond donors (Lipinski definition) is 2. The van der Waals surface area contributed by atoms with Gasteiger partial charge in [0.2, 0.25) is 18.7 Å². The lowest BCUT2D eigenvalue weighted by Gasteiger charge is -2.34. The van der Waals surface area contributed by atoms with E-state index in [9.17, 15) is 0 Å². The minimum absolute atomic E-state index is 0.201. The minimum Gasteiger partial charge on any atom is -0.497 e. The third-order valence-electron chi connectivity index (χ3n) is 5.70. The van der Waals surface area contributed by atoms with Gasteiger partial charge in [0, 0.05) is 44.5 Å². The Labute approximate surface area is 192 Å². The Balaban J connectivity index is 1.16.